The van der Waals surface area contributed by atoms with E-state index in [2.05, 4.69) is 18.3 Å². The van der Waals surface area contributed by atoms with Crippen LogP contribution >= 0.6 is 0 Å². The average molecular weight is 264 g/mol. The topological polar surface area (TPSA) is 35.8 Å². The minimum absolute atomic E-state index is 0.140. The number of nitrogens with one attached hydrogen (secondary N) is 1. The Morgan fingerprint density at radius 2 is 1.79 bits per heavy atom. The zero-order valence-corrected chi connectivity index (χ0v) is 13.2. The molecule has 0 spiro atoms. The molecule has 2 heteroatoms. The van der Waals surface area contributed by atoms with Crippen LogP contribution in [0.3, 0.4) is 0 Å². The molecule has 1 aliphatic carbocycles. The molecule has 0 heterocycles. The minimum atomic E-state index is -0.140. The van der Waals surface area contributed by atoms with Crippen LogP contribution in [-0.4, -0.2) is 13.1 Å². The smallest absolute Gasteiger partial charge is 0.0683 e. The van der Waals surface area contributed by atoms with Crippen molar-refractivity contribution < 1.29 is 0 Å². The van der Waals surface area contributed by atoms with Crippen LogP contribution in [0.5, 0.6) is 0 Å². The molecule has 0 saturated heterocycles. The van der Waals surface area contributed by atoms with Crippen molar-refractivity contribution in [3.63, 3.8) is 0 Å². The largest absolute Gasteiger partial charge is 0.317 e. The second kappa shape index (κ2) is 8.59. The van der Waals surface area contributed by atoms with E-state index < -0.39 is 0 Å². The summed E-state index contributed by atoms with van der Waals surface area (Å²) in [5.74, 6) is 1.94. The summed E-state index contributed by atoms with van der Waals surface area (Å²) >= 11 is 0. The number of hydrogen-bond donors (Lipinski definition) is 1. The summed E-state index contributed by atoms with van der Waals surface area (Å²) in [6.07, 6.45) is 10.5. The summed E-state index contributed by atoms with van der Waals surface area (Å²) in [6.45, 7) is 8.75. The van der Waals surface area contributed by atoms with Gasteiger partial charge in [-0.3, -0.25) is 0 Å². The van der Waals surface area contributed by atoms with Crippen molar-refractivity contribution in [3.05, 3.63) is 0 Å². The van der Waals surface area contributed by atoms with Crippen molar-refractivity contribution in [3.8, 4) is 6.07 Å². The lowest BCUT2D eigenvalue weighted by atomic mass is 9.81. The second-order valence-electron chi connectivity index (χ2n) is 7.12. The van der Waals surface area contributed by atoms with Crippen LogP contribution in [0.2, 0.25) is 0 Å². The third kappa shape index (κ3) is 7.57. The van der Waals surface area contributed by atoms with Crippen LogP contribution in [-0.2, 0) is 0 Å². The van der Waals surface area contributed by atoms with Gasteiger partial charge in [-0.2, -0.15) is 5.26 Å². The normalized spacial score (nSPS) is 24.1. The average Bonchev–Trinajstić information content (AvgIpc) is 2.40. The highest BCUT2D eigenvalue weighted by atomic mass is 14.8. The molecule has 0 amide bonds. The van der Waals surface area contributed by atoms with Gasteiger partial charge in [-0.1, -0.05) is 39.0 Å². The van der Waals surface area contributed by atoms with Crippen molar-refractivity contribution in [2.75, 3.05) is 13.1 Å². The van der Waals surface area contributed by atoms with Crippen LogP contribution in [0.4, 0.5) is 0 Å². The SMILES string of the molecule is CC1CCC(CCNCCCCC(C)(C)C#N)CC1. The van der Waals surface area contributed by atoms with Gasteiger partial charge in [-0.25, -0.2) is 0 Å². The van der Waals surface area contributed by atoms with Crippen molar-refractivity contribution in [2.45, 2.75) is 72.1 Å². The van der Waals surface area contributed by atoms with Crippen LogP contribution in [0.25, 0.3) is 0 Å². The van der Waals surface area contributed by atoms with Gasteiger partial charge in [-0.05, 0) is 58.0 Å². The molecule has 1 N–H and O–H groups in total. The summed E-state index contributed by atoms with van der Waals surface area (Å²) in [6, 6.07) is 2.37. The van der Waals surface area contributed by atoms with Crippen molar-refractivity contribution in [1.29, 1.82) is 5.26 Å². The van der Waals surface area contributed by atoms with Gasteiger partial charge in [0.2, 0.25) is 0 Å². The van der Waals surface area contributed by atoms with Gasteiger partial charge >= 0.3 is 0 Å². The van der Waals surface area contributed by atoms with E-state index in [9.17, 15) is 0 Å². The van der Waals surface area contributed by atoms with Crippen molar-refractivity contribution in [1.82, 2.24) is 5.32 Å². The fourth-order valence-corrected chi connectivity index (χ4v) is 2.92. The van der Waals surface area contributed by atoms with Crippen LogP contribution in [0, 0.1) is 28.6 Å². The van der Waals surface area contributed by atoms with E-state index in [-0.39, 0.29) is 5.41 Å². The molecule has 0 aromatic heterocycles. The predicted molar refractivity (Wildman–Crippen MR) is 81.9 cm³/mol. The lowest BCUT2D eigenvalue weighted by Crippen LogP contribution is -2.22. The van der Waals surface area contributed by atoms with Crippen LogP contribution in [0.15, 0.2) is 0 Å². The summed E-state index contributed by atoms with van der Waals surface area (Å²) in [5, 5.41) is 12.5. The van der Waals surface area contributed by atoms with Gasteiger partial charge in [0, 0.05) is 0 Å². The highest BCUT2D eigenvalue weighted by Gasteiger charge is 2.17. The maximum atomic E-state index is 8.93. The maximum absolute atomic E-state index is 8.93. The molecule has 0 bridgehead atoms. The molecular weight excluding hydrogens is 232 g/mol. The molecular formula is C17H32N2. The molecule has 0 aromatic carbocycles. The number of rotatable bonds is 8. The molecule has 0 radical (unpaired) electrons. The van der Waals surface area contributed by atoms with E-state index in [0.29, 0.717) is 0 Å². The van der Waals surface area contributed by atoms with E-state index in [1.807, 2.05) is 13.8 Å². The molecule has 0 aromatic rings. The standard InChI is InChI=1S/C17H32N2/c1-15-6-8-16(9-7-15)10-13-19-12-5-4-11-17(2,3)14-18/h15-16,19H,4-13H2,1-3H3. The molecule has 1 aliphatic rings. The van der Waals surface area contributed by atoms with Crippen molar-refractivity contribution in [2.24, 2.45) is 17.3 Å². The van der Waals surface area contributed by atoms with E-state index in [0.717, 1.165) is 31.2 Å². The Hall–Kier alpha value is -0.550. The van der Waals surface area contributed by atoms with Crippen LogP contribution in [0.1, 0.15) is 72.1 Å². The number of unbranched alkanes of at least 4 members (excludes halogenated alkanes) is 1. The first-order chi connectivity index (χ1) is 9.03. The Labute approximate surface area is 120 Å². The van der Waals surface area contributed by atoms with E-state index in [1.165, 1.54) is 45.1 Å². The Balaban J connectivity index is 1.90. The zero-order valence-electron chi connectivity index (χ0n) is 13.2. The molecule has 0 aliphatic heterocycles. The van der Waals surface area contributed by atoms with Gasteiger partial charge in [0.15, 0.2) is 0 Å². The van der Waals surface area contributed by atoms with E-state index in [1.54, 1.807) is 0 Å². The second-order valence-corrected chi connectivity index (χ2v) is 7.12. The van der Waals surface area contributed by atoms with Crippen LogP contribution < -0.4 is 5.32 Å². The molecule has 19 heavy (non-hydrogen) atoms. The molecule has 0 atom stereocenters. The predicted octanol–water partition coefficient (Wildman–Crippen LogP) is 4.51. The first-order valence-corrected chi connectivity index (χ1v) is 8.15. The van der Waals surface area contributed by atoms with Gasteiger partial charge in [-0.15, -0.1) is 0 Å². The van der Waals surface area contributed by atoms with Crippen molar-refractivity contribution >= 4 is 0 Å². The Bertz CT molecular complexity index is 269. The highest BCUT2D eigenvalue weighted by molar-refractivity contribution is 4.91. The number of nitriles is 1. The quantitative estimate of drug-likeness (QED) is 0.655. The van der Waals surface area contributed by atoms with Gasteiger partial charge in [0.1, 0.15) is 0 Å². The minimum Gasteiger partial charge on any atom is -0.317 e. The number of nitrogens with zero attached hydrogens (tertiary/aromatic N) is 1. The Morgan fingerprint density at radius 3 is 2.42 bits per heavy atom. The first kappa shape index (κ1) is 16.5. The molecule has 2 nitrogen and oxygen atoms in total. The zero-order chi connectivity index (χ0) is 14.1. The van der Waals surface area contributed by atoms with E-state index >= 15 is 0 Å². The lowest BCUT2D eigenvalue weighted by molar-refractivity contribution is 0.275. The number of hydrogen-bond acceptors (Lipinski definition) is 2. The molecule has 1 saturated carbocycles. The van der Waals surface area contributed by atoms with Gasteiger partial charge < -0.3 is 5.32 Å². The molecule has 0 unspecified atom stereocenters. The molecule has 1 rings (SSSR count). The third-order valence-electron chi connectivity index (χ3n) is 4.57. The molecule has 1 fully saturated rings. The highest BCUT2D eigenvalue weighted by Crippen LogP contribution is 2.29. The summed E-state index contributed by atoms with van der Waals surface area (Å²) in [4.78, 5) is 0. The monoisotopic (exact) mass is 264 g/mol. The van der Waals surface area contributed by atoms with Gasteiger partial charge in [0.25, 0.3) is 0 Å². The van der Waals surface area contributed by atoms with Gasteiger partial charge in [0.05, 0.1) is 11.5 Å². The fourth-order valence-electron chi connectivity index (χ4n) is 2.92. The summed E-state index contributed by atoms with van der Waals surface area (Å²) < 4.78 is 0. The Morgan fingerprint density at radius 1 is 1.11 bits per heavy atom. The summed E-state index contributed by atoms with van der Waals surface area (Å²) in [5.41, 5.74) is -0.140. The maximum Gasteiger partial charge on any atom is 0.0683 e. The third-order valence-corrected chi connectivity index (χ3v) is 4.57. The first-order valence-electron chi connectivity index (χ1n) is 8.15. The van der Waals surface area contributed by atoms with E-state index in [4.69, 9.17) is 5.26 Å². The molecule has 110 valence electrons. The lowest BCUT2D eigenvalue weighted by Gasteiger charge is -2.26. The fraction of sp³-hybridized carbons (Fsp3) is 0.941. The Kier molecular flexibility index (Phi) is 7.46. The summed E-state index contributed by atoms with van der Waals surface area (Å²) in [7, 11) is 0.